The molecule has 0 aliphatic rings. The first-order chi connectivity index (χ1) is 7.09. The molecule has 0 saturated carbocycles. The topological polar surface area (TPSA) is 26.0 Å². The first kappa shape index (κ1) is 10.9. The molecule has 0 aliphatic heterocycles. The van der Waals surface area contributed by atoms with Crippen LogP contribution in [0.2, 0.25) is 0 Å². The lowest BCUT2D eigenvalue weighted by Crippen LogP contribution is -2.11. The fraction of sp³-hybridized carbons (Fsp3) is 0.333. The SMILES string of the molecule is Cc1cc(C)c(C(N)c2cscc2C)s1. The van der Waals surface area contributed by atoms with Crippen molar-refractivity contribution in [3.8, 4) is 0 Å². The lowest BCUT2D eigenvalue weighted by atomic mass is 10.0. The minimum absolute atomic E-state index is 0.0509. The van der Waals surface area contributed by atoms with E-state index >= 15 is 0 Å². The maximum absolute atomic E-state index is 6.29. The number of aryl methyl sites for hydroxylation is 3. The van der Waals surface area contributed by atoms with Crippen molar-refractivity contribution >= 4 is 22.7 Å². The van der Waals surface area contributed by atoms with Crippen LogP contribution in [0.4, 0.5) is 0 Å². The maximum atomic E-state index is 6.29. The monoisotopic (exact) mass is 237 g/mol. The van der Waals surface area contributed by atoms with Crippen LogP contribution in [0.5, 0.6) is 0 Å². The van der Waals surface area contributed by atoms with Crippen LogP contribution in [0.25, 0.3) is 0 Å². The van der Waals surface area contributed by atoms with Gasteiger partial charge >= 0.3 is 0 Å². The van der Waals surface area contributed by atoms with Crippen molar-refractivity contribution in [3.63, 3.8) is 0 Å². The van der Waals surface area contributed by atoms with Crippen molar-refractivity contribution in [2.24, 2.45) is 5.73 Å². The Morgan fingerprint density at radius 3 is 2.33 bits per heavy atom. The second-order valence-electron chi connectivity index (χ2n) is 3.89. The van der Waals surface area contributed by atoms with E-state index in [0.29, 0.717) is 0 Å². The van der Waals surface area contributed by atoms with Gasteiger partial charge < -0.3 is 5.73 Å². The molecule has 0 aromatic carbocycles. The van der Waals surface area contributed by atoms with Crippen LogP contribution < -0.4 is 5.73 Å². The van der Waals surface area contributed by atoms with Gasteiger partial charge in [0.2, 0.25) is 0 Å². The summed E-state index contributed by atoms with van der Waals surface area (Å²) in [4.78, 5) is 2.64. The highest BCUT2D eigenvalue weighted by molar-refractivity contribution is 7.12. The Bertz CT molecular complexity index is 468. The van der Waals surface area contributed by atoms with Crippen molar-refractivity contribution in [2.45, 2.75) is 26.8 Å². The summed E-state index contributed by atoms with van der Waals surface area (Å²) >= 11 is 3.54. The molecule has 0 spiro atoms. The minimum Gasteiger partial charge on any atom is -0.320 e. The predicted molar refractivity (Wildman–Crippen MR) is 68.9 cm³/mol. The Morgan fingerprint density at radius 2 is 1.87 bits per heavy atom. The van der Waals surface area contributed by atoms with E-state index < -0.39 is 0 Å². The summed E-state index contributed by atoms with van der Waals surface area (Å²) in [6.07, 6.45) is 0. The molecule has 0 aliphatic carbocycles. The second kappa shape index (κ2) is 4.08. The molecule has 1 nitrogen and oxygen atoms in total. The molecule has 0 bridgehead atoms. The lowest BCUT2D eigenvalue weighted by molar-refractivity contribution is 0.881. The Labute approximate surface area is 98.6 Å². The predicted octanol–water partition coefficient (Wildman–Crippen LogP) is 3.78. The number of hydrogen-bond acceptors (Lipinski definition) is 3. The Kier molecular flexibility index (Phi) is 2.96. The van der Waals surface area contributed by atoms with E-state index in [1.807, 2.05) is 11.3 Å². The third-order valence-electron chi connectivity index (χ3n) is 2.59. The molecule has 0 radical (unpaired) electrons. The highest BCUT2D eigenvalue weighted by Gasteiger charge is 2.16. The summed E-state index contributed by atoms with van der Waals surface area (Å²) in [5.74, 6) is 0. The van der Waals surface area contributed by atoms with E-state index in [0.717, 1.165) is 0 Å². The average Bonchev–Trinajstić information content (AvgIpc) is 2.71. The summed E-state index contributed by atoms with van der Waals surface area (Å²) in [7, 11) is 0. The summed E-state index contributed by atoms with van der Waals surface area (Å²) in [5.41, 5.74) is 10.2. The van der Waals surface area contributed by atoms with Crippen LogP contribution in [0.1, 0.15) is 32.5 Å². The van der Waals surface area contributed by atoms with Crippen LogP contribution >= 0.6 is 22.7 Å². The quantitative estimate of drug-likeness (QED) is 0.845. The van der Waals surface area contributed by atoms with E-state index in [1.165, 1.54) is 26.4 Å². The molecule has 15 heavy (non-hydrogen) atoms. The largest absolute Gasteiger partial charge is 0.320 e. The first-order valence-corrected chi connectivity index (χ1v) is 6.70. The summed E-state index contributed by atoms with van der Waals surface area (Å²) in [6.45, 7) is 6.40. The number of rotatable bonds is 2. The van der Waals surface area contributed by atoms with Crippen LogP contribution in [0.3, 0.4) is 0 Å². The van der Waals surface area contributed by atoms with Gasteiger partial charge in [-0.25, -0.2) is 0 Å². The van der Waals surface area contributed by atoms with E-state index in [1.54, 1.807) is 11.3 Å². The molecule has 2 rings (SSSR count). The van der Waals surface area contributed by atoms with E-state index in [9.17, 15) is 0 Å². The van der Waals surface area contributed by atoms with Gasteiger partial charge in [-0.05, 0) is 54.3 Å². The van der Waals surface area contributed by atoms with Gasteiger partial charge in [0, 0.05) is 9.75 Å². The number of thiophene rings is 2. The summed E-state index contributed by atoms with van der Waals surface area (Å²) in [5, 5.41) is 4.32. The Morgan fingerprint density at radius 1 is 1.13 bits per heavy atom. The first-order valence-electron chi connectivity index (χ1n) is 4.95. The third kappa shape index (κ3) is 2.00. The molecule has 1 atom stereocenters. The molecule has 2 heterocycles. The molecule has 0 fully saturated rings. The molecule has 0 amide bonds. The normalized spacial score (nSPS) is 13.1. The fourth-order valence-corrected chi connectivity index (χ4v) is 3.74. The van der Waals surface area contributed by atoms with Gasteiger partial charge in [-0.2, -0.15) is 11.3 Å². The van der Waals surface area contributed by atoms with Crippen molar-refractivity contribution in [2.75, 3.05) is 0 Å². The zero-order valence-electron chi connectivity index (χ0n) is 9.20. The Hall–Kier alpha value is -0.640. The van der Waals surface area contributed by atoms with Gasteiger partial charge in [-0.1, -0.05) is 0 Å². The van der Waals surface area contributed by atoms with Crippen molar-refractivity contribution < 1.29 is 0 Å². The van der Waals surface area contributed by atoms with E-state index in [-0.39, 0.29) is 6.04 Å². The molecule has 0 saturated heterocycles. The smallest absolute Gasteiger partial charge is 0.0659 e. The molecule has 2 aromatic heterocycles. The molecule has 2 aromatic rings. The lowest BCUT2D eigenvalue weighted by Gasteiger charge is -2.10. The number of nitrogens with two attached hydrogens (primary N) is 1. The Balaban J connectivity index is 2.40. The third-order valence-corrected chi connectivity index (χ3v) is 4.71. The molecule has 3 heteroatoms. The van der Waals surface area contributed by atoms with Gasteiger partial charge in [-0.15, -0.1) is 11.3 Å². The molecular formula is C12H15NS2. The van der Waals surface area contributed by atoms with Crippen LogP contribution in [0, 0.1) is 20.8 Å². The molecule has 80 valence electrons. The fourth-order valence-electron chi connectivity index (χ4n) is 1.80. The van der Waals surface area contributed by atoms with Gasteiger partial charge in [0.05, 0.1) is 6.04 Å². The average molecular weight is 237 g/mol. The van der Waals surface area contributed by atoms with Gasteiger partial charge in [0.15, 0.2) is 0 Å². The standard InChI is InChI=1S/C12H15NS2/c1-7-4-9(3)15-12(7)11(13)10-6-14-5-8(10)2/h4-6,11H,13H2,1-3H3. The van der Waals surface area contributed by atoms with E-state index in [2.05, 4.69) is 37.6 Å². The number of hydrogen-bond donors (Lipinski definition) is 1. The summed E-state index contributed by atoms with van der Waals surface area (Å²) in [6, 6.07) is 2.26. The van der Waals surface area contributed by atoms with Crippen molar-refractivity contribution in [3.05, 3.63) is 43.3 Å². The van der Waals surface area contributed by atoms with Gasteiger partial charge in [-0.3, -0.25) is 0 Å². The highest BCUT2D eigenvalue weighted by Crippen LogP contribution is 2.32. The minimum atomic E-state index is 0.0509. The van der Waals surface area contributed by atoms with Crippen LogP contribution in [0.15, 0.2) is 16.8 Å². The van der Waals surface area contributed by atoms with E-state index in [4.69, 9.17) is 5.73 Å². The zero-order valence-corrected chi connectivity index (χ0v) is 10.8. The highest BCUT2D eigenvalue weighted by atomic mass is 32.1. The van der Waals surface area contributed by atoms with Crippen molar-refractivity contribution in [1.82, 2.24) is 0 Å². The van der Waals surface area contributed by atoms with Crippen LogP contribution in [-0.2, 0) is 0 Å². The van der Waals surface area contributed by atoms with Crippen molar-refractivity contribution in [1.29, 1.82) is 0 Å². The second-order valence-corrected chi connectivity index (χ2v) is 5.92. The van der Waals surface area contributed by atoms with Gasteiger partial charge in [0.1, 0.15) is 0 Å². The molecule has 2 N–H and O–H groups in total. The maximum Gasteiger partial charge on any atom is 0.0659 e. The summed E-state index contributed by atoms with van der Waals surface area (Å²) < 4.78 is 0. The van der Waals surface area contributed by atoms with Gasteiger partial charge in [0.25, 0.3) is 0 Å². The van der Waals surface area contributed by atoms with Crippen LogP contribution in [-0.4, -0.2) is 0 Å². The molecular weight excluding hydrogens is 222 g/mol. The molecule has 1 unspecified atom stereocenters. The zero-order chi connectivity index (χ0) is 11.0.